The first-order valence-corrected chi connectivity index (χ1v) is 19.4. The van der Waals surface area contributed by atoms with Crippen LogP contribution in [-0.2, 0) is 0 Å². The number of rotatable bonds is 0. The van der Waals surface area contributed by atoms with Crippen LogP contribution in [0.4, 0.5) is 0 Å². The number of imidazole rings is 2. The lowest BCUT2D eigenvalue weighted by Crippen LogP contribution is -1.86. The summed E-state index contributed by atoms with van der Waals surface area (Å²) in [5, 5.41) is 10.7. The highest BCUT2D eigenvalue weighted by molar-refractivity contribution is 6.20. The van der Waals surface area contributed by atoms with Gasteiger partial charge in [-0.1, -0.05) is 84.9 Å². The van der Waals surface area contributed by atoms with Crippen molar-refractivity contribution in [1.29, 1.82) is 0 Å². The molecule has 0 amide bonds. The van der Waals surface area contributed by atoms with Gasteiger partial charge in [0, 0.05) is 27.2 Å². The topological polar surface area (TPSA) is 86.7 Å². The van der Waals surface area contributed by atoms with E-state index in [1.54, 1.807) is 0 Å². The fourth-order valence-corrected chi connectivity index (χ4v) is 9.19. The molecule has 8 bridgehead atoms. The first-order valence-electron chi connectivity index (χ1n) is 19.4. The van der Waals surface area contributed by atoms with Gasteiger partial charge in [0.05, 0.1) is 11.0 Å². The Balaban J connectivity index is 1.26. The third-order valence-electron chi connectivity index (χ3n) is 11.9. The monoisotopic (exact) mass is 746 g/mol. The second-order valence-electron chi connectivity index (χ2n) is 15.3. The van der Waals surface area contributed by atoms with E-state index in [1.165, 1.54) is 21.5 Å². The molecule has 0 saturated carbocycles. The maximum atomic E-state index is 6.75. The maximum Gasteiger partial charge on any atom is 0.228 e. The van der Waals surface area contributed by atoms with E-state index in [0.29, 0.717) is 11.4 Å². The van der Waals surface area contributed by atoms with E-state index in [2.05, 4.69) is 144 Å². The molecule has 7 aromatic heterocycles. The van der Waals surface area contributed by atoms with Crippen LogP contribution < -0.4 is 0 Å². The standard InChI is InChI=1S/C50H30N6O2/c1-27-23-39-45-43-47(27)57-49(53-43)37-13-5-9-32-10-6-14-38(42(32)37)50-54-44-46-40(24-28(2)48(44)58-50)52-26-56(46)34-21-17-30(18-22-34)36-12-4-8-31-7-3-11-35(41(31)36)29-15-19-33(20-16-29)55(45)25-51-39/h3-26H,1-2H3. The van der Waals surface area contributed by atoms with Gasteiger partial charge in [0.25, 0.3) is 0 Å². The van der Waals surface area contributed by atoms with E-state index in [9.17, 15) is 0 Å². The molecule has 15 rings (SSSR count). The van der Waals surface area contributed by atoms with Gasteiger partial charge in [0.2, 0.25) is 11.4 Å². The Morgan fingerprint density at radius 3 is 1.26 bits per heavy atom. The lowest BCUT2D eigenvalue weighted by molar-refractivity contribution is 0.660. The predicted molar refractivity (Wildman–Crippen MR) is 235 cm³/mol. The third kappa shape index (κ3) is 4.28. The zero-order valence-electron chi connectivity index (χ0n) is 31.4. The molecule has 8 aromatic carbocycles. The number of aromatic nitrogens is 6. The Morgan fingerprint density at radius 2 is 0.828 bits per heavy atom. The summed E-state index contributed by atoms with van der Waals surface area (Å²) in [4.78, 5) is 20.3. The number of nitrogens with zero attached hydrogens (tertiary/aromatic N) is 6. The fraction of sp³-hybridized carbons (Fsp3) is 0.0400. The Morgan fingerprint density at radius 1 is 0.431 bits per heavy atom. The van der Waals surface area contributed by atoms with Gasteiger partial charge >= 0.3 is 0 Å². The normalized spacial score (nSPS) is 12.3. The predicted octanol–water partition coefficient (Wildman–Crippen LogP) is 12.8. The Kier molecular flexibility index (Phi) is 6.15. The van der Waals surface area contributed by atoms with Crippen molar-refractivity contribution >= 4 is 121 Å². The number of fused-ring (bicyclic) bond motifs is 2. The minimum atomic E-state index is 0.518. The van der Waals surface area contributed by atoms with Gasteiger partial charge in [0.15, 0.2) is 11.2 Å². The summed E-state index contributed by atoms with van der Waals surface area (Å²) < 4.78 is 17.7. The minimum absolute atomic E-state index is 0.518. The Hall–Kier alpha value is -7.84. The largest absolute Gasteiger partial charge is 0.436 e. The second kappa shape index (κ2) is 11.4. The summed E-state index contributed by atoms with van der Waals surface area (Å²) in [6.07, 6.45) is 3.76. The number of oxazole rings is 2. The molecule has 0 atom stereocenters. The van der Waals surface area contributed by atoms with Crippen molar-refractivity contribution in [2.45, 2.75) is 13.8 Å². The van der Waals surface area contributed by atoms with Crippen LogP contribution in [0.1, 0.15) is 11.1 Å². The number of hydrogen-bond acceptors (Lipinski definition) is 6. The van der Waals surface area contributed by atoms with Crippen molar-refractivity contribution in [1.82, 2.24) is 28.7 Å². The van der Waals surface area contributed by atoms with Crippen molar-refractivity contribution in [3.63, 3.8) is 0 Å². The van der Waals surface area contributed by atoms with Crippen LogP contribution in [0.15, 0.2) is 155 Å². The zero-order valence-corrected chi connectivity index (χ0v) is 31.4. The van der Waals surface area contributed by atoms with E-state index in [0.717, 1.165) is 98.7 Å². The van der Waals surface area contributed by atoms with Crippen LogP contribution in [0.2, 0.25) is 0 Å². The lowest BCUT2D eigenvalue weighted by Gasteiger charge is -2.06. The highest BCUT2D eigenvalue weighted by atomic mass is 16.3. The minimum Gasteiger partial charge on any atom is -0.436 e. The molecule has 8 heteroatoms. The summed E-state index contributed by atoms with van der Waals surface area (Å²) in [5.74, 6) is 0. The van der Waals surface area contributed by atoms with Gasteiger partial charge < -0.3 is 8.83 Å². The third-order valence-corrected chi connectivity index (χ3v) is 11.9. The average molecular weight is 747 g/mol. The molecule has 8 nitrogen and oxygen atoms in total. The molecule has 58 heavy (non-hydrogen) atoms. The molecule has 0 N–H and O–H groups in total. The molecule has 0 aliphatic heterocycles. The SMILES string of the molecule is Cc1cc2ncn3c4ccc(cc4)c4cccc5cccc(c6ccc(cc6)n6cnc7cc(C)c8oc(nc8c76)c6cccc7cccc(c8nc(c1o8)c23)c76)c54. The quantitative estimate of drug-likeness (QED) is 0.154. The number of benzene rings is 8. The van der Waals surface area contributed by atoms with Crippen LogP contribution in [0.5, 0.6) is 0 Å². The van der Waals surface area contributed by atoms with E-state index in [4.69, 9.17) is 28.8 Å². The summed E-state index contributed by atoms with van der Waals surface area (Å²) in [6.45, 7) is 4.10. The molecule has 272 valence electrons. The molecule has 15 aromatic rings. The molecule has 0 unspecified atom stereocenters. The Labute approximate surface area is 328 Å². The molecule has 0 fully saturated rings. The van der Waals surface area contributed by atoms with E-state index < -0.39 is 0 Å². The van der Waals surface area contributed by atoms with E-state index in [1.807, 2.05) is 24.8 Å². The molecular weight excluding hydrogens is 717 g/mol. The summed E-state index contributed by atoms with van der Waals surface area (Å²) >= 11 is 0. The number of aryl methyl sites for hydroxylation is 2. The van der Waals surface area contributed by atoms with Crippen molar-refractivity contribution in [3.05, 3.63) is 157 Å². The summed E-state index contributed by atoms with van der Waals surface area (Å²) in [7, 11) is 0. The summed E-state index contributed by atoms with van der Waals surface area (Å²) in [5.41, 5.74) is 11.4. The second-order valence-corrected chi connectivity index (χ2v) is 15.3. The van der Waals surface area contributed by atoms with Crippen LogP contribution in [0, 0.1) is 13.8 Å². The summed E-state index contributed by atoms with van der Waals surface area (Å²) in [6, 6.07) is 47.1. The molecule has 0 aliphatic rings. The zero-order chi connectivity index (χ0) is 38.2. The molecule has 0 radical (unpaired) electrons. The van der Waals surface area contributed by atoms with Crippen LogP contribution in [0.25, 0.3) is 121 Å². The van der Waals surface area contributed by atoms with Gasteiger partial charge in [-0.2, -0.15) is 0 Å². The van der Waals surface area contributed by atoms with E-state index >= 15 is 0 Å². The van der Waals surface area contributed by atoms with Gasteiger partial charge in [-0.05, 0) is 111 Å². The fourth-order valence-electron chi connectivity index (χ4n) is 9.19. The average Bonchev–Trinajstić information content (AvgIpc) is 4.08. The molecule has 0 spiro atoms. The molecule has 0 saturated heterocycles. The van der Waals surface area contributed by atoms with Gasteiger partial charge in [-0.25, -0.2) is 19.9 Å². The van der Waals surface area contributed by atoms with Crippen LogP contribution in [0.3, 0.4) is 0 Å². The van der Waals surface area contributed by atoms with Gasteiger partial charge in [-0.3, -0.25) is 8.80 Å². The van der Waals surface area contributed by atoms with Crippen molar-refractivity contribution < 1.29 is 8.83 Å². The van der Waals surface area contributed by atoms with E-state index in [-0.39, 0.29) is 0 Å². The first-order chi connectivity index (χ1) is 28.6. The highest BCUT2D eigenvalue weighted by Gasteiger charge is 2.19. The Bertz CT molecular complexity index is 3780. The van der Waals surface area contributed by atoms with Crippen LogP contribution >= 0.6 is 0 Å². The highest BCUT2D eigenvalue weighted by Crippen LogP contribution is 2.37. The number of hydrogen-bond donors (Lipinski definition) is 0. The van der Waals surface area contributed by atoms with Crippen molar-refractivity contribution in [3.8, 4) is 0 Å². The van der Waals surface area contributed by atoms with Crippen molar-refractivity contribution in [2.75, 3.05) is 0 Å². The van der Waals surface area contributed by atoms with Gasteiger partial charge in [0.1, 0.15) is 34.7 Å². The smallest absolute Gasteiger partial charge is 0.228 e. The van der Waals surface area contributed by atoms with Crippen LogP contribution in [-0.4, -0.2) is 28.7 Å². The maximum absolute atomic E-state index is 6.75. The molecular formula is C50H30N6O2. The molecule has 0 aliphatic carbocycles. The van der Waals surface area contributed by atoms with Gasteiger partial charge in [-0.15, -0.1) is 0 Å². The first kappa shape index (κ1) is 31.4. The van der Waals surface area contributed by atoms with Crippen molar-refractivity contribution in [2.24, 2.45) is 0 Å². The lowest BCUT2D eigenvalue weighted by atomic mass is 9.99. The molecule has 7 heterocycles.